The molecule has 0 saturated heterocycles. The molecule has 4 nitrogen and oxygen atoms in total. The molecule has 0 aromatic heterocycles. The number of nitrogens with two attached hydrogens (primary N) is 1. The van der Waals surface area contributed by atoms with Crippen molar-refractivity contribution in [3.63, 3.8) is 0 Å². The summed E-state index contributed by atoms with van der Waals surface area (Å²) in [5, 5.41) is 17.5. The first-order chi connectivity index (χ1) is 4.95. The fourth-order valence-electron chi connectivity index (χ4n) is 0.759. The van der Waals surface area contributed by atoms with E-state index >= 15 is 0 Å². The Hall–Kier alpha value is -0.610. The Kier molecular flexibility index (Phi) is 4.07. The first-order valence-corrected chi connectivity index (χ1v) is 3.60. The van der Waals surface area contributed by atoms with Gasteiger partial charge >= 0.3 is 5.97 Å². The van der Waals surface area contributed by atoms with Crippen LogP contribution in [-0.4, -0.2) is 28.3 Å². The van der Waals surface area contributed by atoms with E-state index in [-0.39, 0.29) is 12.3 Å². The number of carbonyl (C=O) groups is 1. The van der Waals surface area contributed by atoms with Crippen LogP contribution in [0.2, 0.25) is 0 Å². The van der Waals surface area contributed by atoms with Crippen LogP contribution in [0.25, 0.3) is 0 Å². The molecule has 11 heavy (non-hydrogen) atoms. The van der Waals surface area contributed by atoms with Crippen LogP contribution in [0.4, 0.5) is 0 Å². The maximum absolute atomic E-state index is 10.1. The highest BCUT2D eigenvalue weighted by molar-refractivity contribution is 5.67. The molecule has 0 fully saturated rings. The van der Waals surface area contributed by atoms with Gasteiger partial charge in [-0.2, -0.15) is 0 Å². The minimum atomic E-state index is -1.02. The average molecular weight is 161 g/mol. The van der Waals surface area contributed by atoms with Gasteiger partial charge in [0.05, 0.1) is 12.5 Å². The molecule has 0 radical (unpaired) electrons. The van der Waals surface area contributed by atoms with E-state index in [1.807, 2.05) is 13.8 Å². The topological polar surface area (TPSA) is 83.5 Å². The number of rotatable bonds is 4. The Morgan fingerprint density at radius 1 is 1.55 bits per heavy atom. The first-order valence-electron chi connectivity index (χ1n) is 3.60. The van der Waals surface area contributed by atoms with E-state index in [0.29, 0.717) is 0 Å². The Bertz CT molecular complexity index is 136. The van der Waals surface area contributed by atoms with Crippen LogP contribution < -0.4 is 5.73 Å². The van der Waals surface area contributed by atoms with Crippen LogP contribution in [0, 0.1) is 5.92 Å². The van der Waals surface area contributed by atoms with Crippen LogP contribution in [0.1, 0.15) is 20.3 Å². The quantitative estimate of drug-likeness (QED) is 0.533. The molecular formula is C7H15NO3. The number of aliphatic carboxylic acids is 1. The predicted octanol–water partition coefficient (Wildman–Crippen LogP) is -0.195. The first kappa shape index (κ1) is 10.4. The summed E-state index contributed by atoms with van der Waals surface area (Å²) in [5.41, 5.74) is 5.49. The van der Waals surface area contributed by atoms with Gasteiger partial charge < -0.3 is 15.9 Å². The Morgan fingerprint density at radius 3 is 2.27 bits per heavy atom. The molecule has 0 spiro atoms. The summed E-state index contributed by atoms with van der Waals surface area (Å²) in [6, 6.07) is -0.453. The second-order valence-electron chi connectivity index (χ2n) is 2.99. The van der Waals surface area contributed by atoms with Gasteiger partial charge in [-0.1, -0.05) is 13.8 Å². The van der Waals surface area contributed by atoms with Gasteiger partial charge in [0.2, 0.25) is 0 Å². The zero-order valence-corrected chi connectivity index (χ0v) is 6.82. The Morgan fingerprint density at radius 2 is 2.00 bits per heavy atom. The highest BCUT2D eigenvalue weighted by atomic mass is 16.4. The third-order valence-electron chi connectivity index (χ3n) is 1.60. The number of aliphatic hydroxyl groups is 1. The lowest BCUT2D eigenvalue weighted by molar-refractivity contribution is -0.139. The monoisotopic (exact) mass is 161 g/mol. The minimum Gasteiger partial charge on any atom is -0.481 e. The molecule has 4 heteroatoms. The summed E-state index contributed by atoms with van der Waals surface area (Å²) in [7, 11) is 0. The average Bonchev–Trinajstić information content (AvgIpc) is 1.84. The molecule has 0 aromatic rings. The number of hydrogen-bond acceptors (Lipinski definition) is 3. The Labute approximate surface area is 66.0 Å². The SMILES string of the molecule is CC(C)[C@H](N)[C@@H](O)CC(=O)O. The molecule has 0 saturated carbocycles. The molecule has 0 unspecified atom stereocenters. The summed E-state index contributed by atoms with van der Waals surface area (Å²) in [5.74, 6) is -0.919. The summed E-state index contributed by atoms with van der Waals surface area (Å²) < 4.78 is 0. The van der Waals surface area contributed by atoms with E-state index in [1.165, 1.54) is 0 Å². The Balaban J connectivity index is 3.82. The number of carboxylic acids is 1. The van der Waals surface area contributed by atoms with Crippen molar-refractivity contribution in [3.05, 3.63) is 0 Å². The highest BCUT2D eigenvalue weighted by Gasteiger charge is 2.20. The van der Waals surface area contributed by atoms with Gasteiger partial charge in [-0.15, -0.1) is 0 Å². The number of hydrogen-bond donors (Lipinski definition) is 3. The third-order valence-corrected chi connectivity index (χ3v) is 1.60. The predicted molar refractivity (Wildman–Crippen MR) is 41.1 cm³/mol. The zero-order chi connectivity index (χ0) is 9.02. The van der Waals surface area contributed by atoms with E-state index in [4.69, 9.17) is 15.9 Å². The molecule has 0 aliphatic carbocycles. The fourth-order valence-corrected chi connectivity index (χ4v) is 0.759. The molecule has 0 heterocycles. The number of aliphatic hydroxyl groups excluding tert-OH is 1. The number of carboxylic acid groups (broad SMARTS) is 1. The fraction of sp³-hybridized carbons (Fsp3) is 0.857. The van der Waals surface area contributed by atoms with Crippen molar-refractivity contribution in [3.8, 4) is 0 Å². The summed E-state index contributed by atoms with van der Waals surface area (Å²) in [6.07, 6.45) is -1.22. The third kappa shape index (κ3) is 3.95. The second kappa shape index (κ2) is 4.31. The lowest BCUT2D eigenvalue weighted by Gasteiger charge is -2.20. The molecule has 2 atom stereocenters. The zero-order valence-electron chi connectivity index (χ0n) is 6.82. The normalized spacial score (nSPS) is 16.5. The molecule has 0 aliphatic rings. The molecule has 0 amide bonds. The van der Waals surface area contributed by atoms with Gasteiger partial charge in [0.1, 0.15) is 0 Å². The van der Waals surface area contributed by atoms with Crippen molar-refractivity contribution in [1.82, 2.24) is 0 Å². The van der Waals surface area contributed by atoms with Crippen molar-refractivity contribution in [1.29, 1.82) is 0 Å². The lowest BCUT2D eigenvalue weighted by atomic mass is 9.98. The van der Waals surface area contributed by atoms with Crippen LogP contribution in [-0.2, 0) is 4.79 Å². The maximum atomic E-state index is 10.1. The van der Waals surface area contributed by atoms with E-state index < -0.39 is 18.1 Å². The van der Waals surface area contributed by atoms with Crippen LogP contribution in [0.15, 0.2) is 0 Å². The van der Waals surface area contributed by atoms with Crippen LogP contribution in [0.3, 0.4) is 0 Å². The maximum Gasteiger partial charge on any atom is 0.306 e. The van der Waals surface area contributed by atoms with E-state index in [0.717, 1.165) is 0 Å². The van der Waals surface area contributed by atoms with Crippen LogP contribution >= 0.6 is 0 Å². The summed E-state index contributed by atoms with van der Waals surface area (Å²) in [6.45, 7) is 3.69. The van der Waals surface area contributed by atoms with Crippen molar-refractivity contribution >= 4 is 5.97 Å². The molecule has 0 bridgehead atoms. The largest absolute Gasteiger partial charge is 0.481 e. The highest BCUT2D eigenvalue weighted by Crippen LogP contribution is 2.06. The summed E-state index contributed by atoms with van der Waals surface area (Å²) in [4.78, 5) is 10.1. The van der Waals surface area contributed by atoms with E-state index in [2.05, 4.69) is 0 Å². The standard InChI is InChI=1S/C7H15NO3/c1-4(2)7(8)5(9)3-6(10)11/h4-5,7,9H,3,8H2,1-2H3,(H,10,11)/t5-,7-/m0/s1. The van der Waals surface area contributed by atoms with Gasteiger partial charge in [-0.3, -0.25) is 4.79 Å². The van der Waals surface area contributed by atoms with Gasteiger partial charge in [-0.25, -0.2) is 0 Å². The van der Waals surface area contributed by atoms with Gasteiger partial charge in [0, 0.05) is 6.04 Å². The summed E-state index contributed by atoms with van der Waals surface area (Å²) >= 11 is 0. The van der Waals surface area contributed by atoms with Gasteiger partial charge in [-0.05, 0) is 5.92 Å². The van der Waals surface area contributed by atoms with Crippen molar-refractivity contribution in [2.75, 3.05) is 0 Å². The molecule has 0 rings (SSSR count). The van der Waals surface area contributed by atoms with Gasteiger partial charge in [0.15, 0.2) is 0 Å². The van der Waals surface area contributed by atoms with Crippen molar-refractivity contribution in [2.45, 2.75) is 32.4 Å². The van der Waals surface area contributed by atoms with Crippen molar-refractivity contribution in [2.24, 2.45) is 11.7 Å². The smallest absolute Gasteiger partial charge is 0.306 e. The van der Waals surface area contributed by atoms with Crippen molar-refractivity contribution < 1.29 is 15.0 Å². The molecule has 0 aliphatic heterocycles. The molecule has 0 aromatic carbocycles. The second-order valence-corrected chi connectivity index (χ2v) is 2.99. The lowest BCUT2D eigenvalue weighted by Crippen LogP contribution is -2.40. The molecule has 4 N–H and O–H groups in total. The van der Waals surface area contributed by atoms with Gasteiger partial charge in [0.25, 0.3) is 0 Å². The minimum absolute atomic E-state index is 0.101. The van der Waals surface area contributed by atoms with Crippen LogP contribution in [0.5, 0.6) is 0 Å². The van der Waals surface area contributed by atoms with E-state index in [9.17, 15) is 4.79 Å². The van der Waals surface area contributed by atoms with E-state index in [1.54, 1.807) is 0 Å². The molecular weight excluding hydrogens is 146 g/mol. The molecule has 66 valence electrons.